The molecule has 4 nitrogen and oxygen atoms in total. The van der Waals surface area contributed by atoms with Crippen LogP contribution in [-0.2, 0) is 11.4 Å². The minimum Gasteiger partial charge on any atom is -0.488 e. The van der Waals surface area contributed by atoms with Crippen molar-refractivity contribution in [2.75, 3.05) is 20.6 Å². The zero-order valence-corrected chi connectivity index (χ0v) is 15.1. The second-order valence-corrected chi connectivity index (χ2v) is 6.58. The molecule has 0 amide bonds. The summed E-state index contributed by atoms with van der Waals surface area (Å²) >= 11 is 0. The van der Waals surface area contributed by atoms with E-state index in [0.29, 0.717) is 6.61 Å². The molecule has 3 rings (SSSR count). The molecule has 1 aliphatic rings. The van der Waals surface area contributed by atoms with E-state index in [1.165, 1.54) is 5.56 Å². The number of hydrogen-bond donors (Lipinski definition) is 1. The van der Waals surface area contributed by atoms with Gasteiger partial charge in [0.1, 0.15) is 12.4 Å². The van der Waals surface area contributed by atoms with E-state index in [2.05, 4.69) is 37.2 Å². The molecule has 0 spiro atoms. The van der Waals surface area contributed by atoms with E-state index < -0.39 is 5.97 Å². The number of ether oxygens (including phenoxy) is 1. The Labute approximate surface area is 154 Å². The molecule has 0 saturated carbocycles. The van der Waals surface area contributed by atoms with Crippen LogP contribution in [-0.4, -0.2) is 36.6 Å². The van der Waals surface area contributed by atoms with E-state index in [9.17, 15) is 4.79 Å². The summed E-state index contributed by atoms with van der Waals surface area (Å²) in [5.74, 6) is -0.131. The highest BCUT2D eigenvalue weighted by atomic mass is 16.5. The minimum atomic E-state index is -0.955. The Morgan fingerprint density at radius 2 is 2.00 bits per heavy atom. The molecule has 0 aliphatic carbocycles. The average molecular weight is 349 g/mol. The van der Waals surface area contributed by atoms with Gasteiger partial charge in [-0.2, -0.15) is 0 Å². The molecule has 0 radical (unpaired) electrons. The van der Waals surface area contributed by atoms with Crippen LogP contribution in [0.3, 0.4) is 0 Å². The van der Waals surface area contributed by atoms with Gasteiger partial charge in [-0.3, -0.25) is 0 Å². The second-order valence-electron chi connectivity index (χ2n) is 6.58. The third-order valence-electron chi connectivity index (χ3n) is 4.33. The van der Waals surface area contributed by atoms with Gasteiger partial charge in [0.15, 0.2) is 0 Å². The summed E-state index contributed by atoms with van der Waals surface area (Å²) in [5.41, 5.74) is 5.31. The normalized spacial score (nSPS) is 14.8. The van der Waals surface area contributed by atoms with Crippen molar-refractivity contribution in [2.24, 2.45) is 0 Å². The summed E-state index contributed by atoms with van der Waals surface area (Å²) in [6, 6.07) is 14.1. The molecule has 134 valence electrons. The van der Waals surface area contributed by atoms with Gasteiger partial charge in [-0.1, -0.05) is 36.4 Å². The Kier molecular flexibility index (Phi) is 5.54. The maximum atomic E-state index is 10.8. The standard InChI is InChI=1S/C22H23NO3/c1-23(2)13-5-8-19-18-7-4-3-6-17(18)15-26-21-11-9-16(14-20(19)21)10-12-22(24)25/h3-4,6-12,14H,5,13,15H2,1-2H3,(H,24,25)/b12-10-,19-8?. The molecule has 4 heteroatoms. The highest BCUT2D eigenvalue weighted by Gasteiger charge is 2.19. The van der Waals surface area contributed by atoms with Crippen LogP contribution in [0.25, 0.3) is 11.6 Å². The van der Waals surface area contributed by atoms with Crippen molar-refractivity contribution in [3.8, 4) is 5.75 Å². The molecule has 1 N–H and O–H groups in total. The molecule has 2 aromatic carbocycles. The Balaban J connectivity index is 2.08. The van der Waals surface area contributed by atoms with Crippen LogP contribution in [0.4, 0.5) is 0 Å². The third kappa shape index (κ3) is 4.21. The van der Waals surface area contributed by atoms with E-state index in [-0.39, 0.29) is 0 Å². The lowest BCUT2D eigenvalue weighted by Crippen LogP contribution is -2.12. The van der Waals surface area contributed by atoms with Gasteiger partial charge in [0.25, 0.3) is 0 Å². The van der Waals surface area contributed by atoms with Gasteiger partial charge in [-0.05, 0) is 61.0 Å². The Bertz CT molecular complexity index is 865. The van der Waals surface area contributed by atoms with Gasteiger partial charge in [-0.25, -0.2) is 4.79 Å². The summed E-state index contributed by atoms with van der Waals surface area (Å²) in [5, 5.41) is 8.88. The molecule has 26 heavy (non-hydrogen) atoms. The predicted molar refractivity (Wildman–Crippen MR) is 104 cm³/mol. The Morgan fingerprint density at radius 1 is 1.19 bits per heavy atom. The lowest BCUT2D eigenvalue weighted by atomic mass is 9.92. The largest absolute Gasteiger partial charge is 0.488 e. The maximum Gasteiger partial charge on any atom is 0.328 e. The van der Waals surface area contributed by atoms with Crippen molar-refractivity contribution in [3.63, 3.8) is 0 Å². The SMILES string of the molecule is CN(C)CCC=C1c2ccccc2COc2ccc(/C=C\C(=O)O)cc21. The van der Waals surface area contributed by atoms with Crippen molar-refractivity contribution in [1.29, 1.82) is 0 Å². The van der Waals surface area contributed by atoms with E-state index in [1.807, 2.05) is 30.3 Å². The molecule has 0 unspecified atom stereocenters. The minimum absolute atomic E-state index is 0.526. The second kappa shape index (κ2) is 8.02. The molecule has 0 atom stereocenters. The highest BCUT2D eigenvalue weighted by molar-refractivity contribution is 5.88. The topological polar surface area (TPSA) is 49.8 Å². The summed E-state index contributed by atoms with van der Waals surface area (Å²) < 4.78 is 6.02. The first-order valence-corrected chi connectivity index (χ1v) is 8.66. The molecular formula is C22H23NO3. The molecule has 1 aliphatic heterocycles. The number of carboxylic acid groups (broad SMARTS) is 1. The van der Waals surface area contributed by atoms with E-state index in [1.54, 1.807) is 6.08 Å². The maximum absolute atomic E-state index is 10.8. The first-order chi connectivity index (χ1) is 12.5. The number of benzene rings is 2. The van der Waals surface area contributed by atoms with Crippen molar-refractivity contribution in [3.05, 3.63) is 76.9 Å². The molecule has 0 saturated heterocycles. The van der Waals surface area contributed by atoms with Crippen LogP contribution >= 0.6 is 0 Å². The van der Waals surface area contributed by atoms with Crippen LogP contribution in [0.5, 0.6) is 5.75 Å². The molecule has 0 aromatic heterocycles. The summed E-state index contributed by atoms with van der Waals surface area (Å²) in [7, 11) is 4.12. The van der Waals surface area contributed by atoms with Gasteiger partial charge in [0.05, 0.1) is 0 Å². The van der Waals surface area contributed by atoms with Crippen LogP contribution < -0.4 is 4.74 Å². The fourth-order valence-electron chi connectivity index (χ4n) is 3.05. The Hall–Kier alpha value is -2.85. The first-order valence-electron chi connectivity index (χ1n) is 8.66. The number of carboxylic acids is 1. The van der Waals surface area contributed by atoms with Gasteiger partial charge in [0.2, 0.25) is 0 Å². The van der Waals surface area contributed by atoms with Gasteiger partial charge in [-0.15, -0.1) is 0 Å². The molecule has 0 fully saturated rings. The zero-order valence-electron chi connectivity index (χ0n) is 15.1. The van der Waals surface area contributed by atoms with Crippen LogP contribution in [0, 0.1) is 0 Å². The van der Waals surface area contributed by atoms with Crippen molar-refractivity contribution in [1.82, 2.24) is 4.90 Å². The first kappa shape index (κ1) is 18.0. The smallest absolute Gasteiger partial charge is 0.328 e. The number of fused-ring (bicyclic) bond motifs is 2. The van der Waals surface area contributed by atoms with Crippen LogP contribution in [0.1, 0.15) is 28.7 Å². The lowest BCUT2D eigenvalue weighted by Gasteiger charge is -2.13. The fourth-order valence-corrected chi connectivity index (χ4v) is 3.05. The van der Waals surface area contributed by atoms with Crippen LogP contribution in [0.2, 0.25) is 0 Å². The molecule has 2 aromatic rings. The Morgan fingerprint density at radius 3 is 2.77 bits per heavy atom. The highest BCUT2D eigenvalue weighted by Crippen LogP contribution is 2.37. The predicted octanol–water partition coefficient (Wildman–Crippen LogP) is 4.06. The van der Waals surface area contributed by atoms with Gasteiger partial charge >= 0.3 is 5.97 Å². The molecule has 0 bridgehead atoms. The van der Waals surface area contributed by atoms with E-state index in [4.69, 9.17) is 9.84 Å². The van der Waals surface area contributed by atoms with Gasteiger partial charge in [0, 0.05) is 18.2 Å². The molecular weight excluding hydrogens is 326 g/mol. The number of carbonyl (C=O) groups is 1. The van der Waals surface area contributed by atoms with Crippen molar-refractivity contribution < 1.29 is 14.6 Å². The summed E-state index contributed by atoms with van der Waals surface area (Å²) in [6.45, 7) is 1.49. The zero-order chi connectivity index (χ0) is 18.5. The fraction of sp³-hybridized carbons (Fsp3) is 0.227. The third-order valence-corrected chi connectivity index (χ3v) is 4.33. The number of hydrogen-bond acceptors (Lipinski definition) is 3. The van der Waals surface area contributed by atoms with Crippen molar-refractivity contribution in [2.45, 2.75) is 13.0 Å². The lowest BCUT2D eigenvalue weighted by molar-refractivity contribution is -0.131. The molecule has 1 heterocycles. The number of nitrogens with zero attached hydrogens (tertiary/aromatic N) is 1. The van der Waals surface area contributed by atoms with Crippen LogP contribution in [0.15, 0.2) is 54.6 Å². The average Bonchev–Trinajstić information content (AvgIpc) is 2.77. The number of rotatable bonds is 5. The number of aliphatic carboxylic acids is 1. The summed E-state index contributed by atoms with van der Waals surface area (Å²) in [6.07, 6.45) is 5.93. The summed E-state index contributed by atoms with van der Waals surface area (Å²) in [4.78, 5) is 13.0. The quantitative estimate of drug-likeness (QED) is 0.827. The van der Waals surface area contributed by atoms with E-state index >= 15 is 0 Å². The van der Waals surface area contributed by atoms with Gasteiger partial charge < -0.3 is 14.7 Å². The van der Waals surface area contributed by atoms with E-state index in [0.717, 1.165) is 47.1 Å². The van der Waals surface area contributed by atoms with Crippen molar-refractivity contribution >= 4 is 17.6 Å². The monoisotopic (exact) mass is 349 g/mol.